The fourth-order valence-electron chi connectivity index (χ4n) is 3.99. The van der Waals surface area contributed by atoms with Gasteiger partial charge in [0.1, 0.15) is 17.5 Å². The largest absolute Gasteiger partial charge is 0.496 e. The first-order valence-electron chi connectivity index (χ1n) is 10.7. The summed E-state index contributed by atoms with van der Waals surface area (Å²) in [6, 6.07) is 10.6. The second kappa shape index (κ2) is 10.8. The molecule has 1 aromatic heterocycles. The van der Waals surface area contributed by atoms with Crippen LogP contribution in [0.4, 0.5) is 0 Å². The molecular weight excluding hydrogens is 694 g/mol. The van der Waals surface area contributed by atoms with Gasteiger partial charge in [0, 0.05) is 5.56 Å². The Labute approximate surface area is 233 Å². The fourth-order valence-corrected chi connectivity index (χ4v) is 7.29. The highest BCUT2D eigenvalue weighted by atomic mass is 127. The average molecular weight is 716 g/mol. The van der Waals surface area contributed by atoms with E-state index < -0.39 is 12.0 Å². The van der Waals surface area contributed by atoms with Crippen LogP contribution >= 0.6 is 56.5 Å². The number of carbonyl (C=O) groups excluding carboxylic acids is 1. The molecule has 0 fully saturated rings. The predicted octanol–water partition coefficient (Wildman–Crippen LogP) is 4.02. The summed E-state index contributed by atoms with van der Waals surface area (Å²) >= 11 is 5.72. The molecule has 4 rings (SSSR count). The van der Waals surface area contributed by atoms with E-state index in [-0.39, 0.29) is 12.2 Å². The summed E-state index contributed by atoms with van der Waals surface area (Å²) < 4.78 is 20.4. The van der Waals surface area contributed by atoms with Crippen LogP contribution in [0.1, 0.15) is 31.0 Å². The third-order valence-electron chi connectivity index (χ3n) is 5.47. The molecule has 0 saturated heterocycles. The molecule has 0 saturated carbocycles. The van der Waals surface area contributed by atoms with Crippen molar-refractivity contribution in [2.75, 3.05) is 20.8 Å². The van der Waals surface area contributed by atoms with Crippen LogP contribution < -0.4 is 24.4 Å². The minimum absolute atomic E-state index is 0.216. The van der Waals surface area contributed by atoms with Crippen LogP contribution in [0, 0.1) is 7.14 Å². The lowest BCUT2D eigenvalue weighted by molar-refractivity contribution is -0.139. The van der Waals surface area contributed by atoms with E-state index in [9.17, 15) is 9.59 Å². The number of rotatable bonds is 6. The maximum atomic E-state index is 13.8. The second-order valence-corrected chi connectivity index (χ2v) is 10.9. The lowest BCUT2D eigenvalue weighted by atomic mass is 9.95. The van der Waals surface area contributed by atoms with Crippen molar-refractivity contribution in [2.45, 2.75) is 19.9 Å². The maximum Gasteiger partial charge on any atom is 0.338 e. The van der Waals surface area contributed by atoms with Gasteiger partial charge < -0.3 is 14.2 Å². The third-order valence-corrected chi connectivity index (χ3v) is 8.06. The summed E-state index contributed by atoms with van der Waals surface area (Å²) in [5.41, 5.74) is 2.16. The summed E-state index contributed by atoms with van der Waals surface area (Å²) in [5, 5.41) is 0. The SMILES string of the molecule is CCOC(=O)C1=C(C)N=c2s/c(=C\c3cc(I)c(OC)c(I)c3)c(=O)n2C1c1ccccc1OC. The number of halogens is 2. The summed E-state index contributed by atoms with van der Waals surface area (Å²) in [4.78, 5) is 31.9. The van der Waals surface area contributed by atoms with Gasteiger partial charge in [-0.2, -0.15) is 0 Å². The van der Waals surface area contributed by atoms with Crippen molar-refractivity contribution < 1.29 is 19.0 Å². The van der Waals surface area contributed by atoms with E-state index in [2.05, 4.69) is 50.2 Å². The van der Waals surface area contributed by atoms with Crippen molar-refractivity contribution in [3.05, 3.63) is 85.6 Å². The molecule has 0 N–H and O–H groups in total. The predicted molar refractivity (Wildman–Crippen MR) is 152 cm³/mol. The monoisotopic (exact) mass is 716 g/mol. The van der Waals surface area contributed by atoms with Crippen LogP contribution in [0.5, 0.6) is 11.5 Å². The van der Waals surface area contributed by atoms with Crippen molar-refractivity contribution in [1.29, 1.82) is 0 Å². The summed E-state index contributed by atoms with van der Waals surface area (Å²) in [5.74, 6) is 0.872. The quantitative estimate of drug-likeness (QED) is 0.285. The van der Waals surface area contributed by atoms with Crippen LogP contribution in [0.2, 0.25) is 0 Å². The van der Waals surface area contributed by atoms with Crippen molar-refractivity contribution in [2.24, 2.45) is 4.99 Å². The molecule has 35 heavy (non-hydrogen) atoms. The van der Waals surface area contributed by atoms with Gasteiger partial charge in [-0.1, -0.05) is 29.5 Å². The number of hydrogen-bond acceptors (Lipinski definition) is 7. The number of nitrogens with zero attached hydrogens (tertiary/aromatic N) is 2. The average Bonchev–Trinajstić information content (AvgIpc) is 3.12. The minimum Gasteiger partial charge on any atom is -0.496 e. The highest BCUT2D eigenvalue weighted by molar-refractivity contribution is 14.1. The Morgan fingerprint density at radius 3 is 2.49 bits per heavy atom. The molecular formula is C25H22I2N2O5S. The Bertz CT molecular complexity index is 1500. The number of para-hydroxylation sites is 1. The highest BCUT2D eigenvalue weighted by Crippen LogP contribution is 2.35. The Hall–Kier alpha value is -2.19. The number of fused-ring (bicyclic) bond motifs is 1. The zero-order valence-electron chi connectivity index (χ0n) is 19.4. The van der Waals surface area contributed by atoms with Gasteiger partial charge >= 0.3 is 5.97 Å². The Morgan fingerprint density at radius 1 is 1.17 bits per heavy atom. The number of esters is 1. The van der Waals surface area contributed by atoms with Crippen LogP contribution in [0.15, 0.2) is 57.5 Å². The number of aromatic nitrogens is 1. The van der Waals surface area contributed by atoms with Gasteiger partial charge in [0.2, 0.25) is 0 Å². The maximum absolute atomic E-state index is 13.8. The molecule has 1 aliphatic heterocycles. The van der Waals surface area contributed by atoms with Gasteiger partial charge in [-0.3, -0.25) is 9.36 Å². The number of carbonyl (C=O) groups is 1. The van der Waals surface area contributed by atoms with Gasteiger partial charge in [-0.15, -0.1) is 0 Å². The van der Waals surface area contributed by atoms with E-state index in [0.717, 1.165) is 18.5 Å². The molecule has 1 atom stereocenters. The van der Waals surface area contributed by atoms with Crippen LogP contribution in [-0.4, -0.2) is 31.4 Å². The molecule has 2 heterocycles. The van der Waals surface area contributed by atoms with E-state index in [1.807, 2.05) is 42.5 Å². The van der Waals surface area contributed by atoms with Crippen LogP contribution in [0.3, 0.4) is 0 Å². The molecule has 3 aromatic rings. The number of ether oxygens (including phenoxy) is 3. The lowest BCUT2D eigenvalue weighted by Gasteiger charge is -2.25. The molecule has 2 aromatic carbocycles. The minimum atomic E-state index is -0.722. The van der Waals surface area contributed by atoms with E-state index >= 15 is 0 Å². The number of allylic oxidation sites excluding steroid dienone is 1. The highest BCUT2D eigenvalue weighted by Gasteiger charge is 2.34. The van der Waals surface area contributed by atoms with Crippen molar-refractivity contribution >= 4 is 68.6 Å². The smallest absolute Gasteiger partial charge is 0.338 e. The molecule has 182 valence electrons. The number of thiazole rings is 1. The Kier molecular flexibility index (Phi) is 8.01. The summed E-state index contributed by atoms with van der Waals surface area (Å²) in [6.07, 6.45) is 1.84. The van der Waals surface area contributed by atoms with Gasteiger partial charge in [0.15, 0.2) is 4.80 Å². The number of methoxy groups -OCH3 is 2. The molecule has 10 heteroatoms. The zero-order valence-corrected chi connectivity index (χ0v) is 24.6. The normalized spacial score (nSPS) is 15.5. The number of benzene rings is 2. The summed E-state index contributed by atoms with van der Waals surface area (Å²) in [6.45, 7) is 3.73. The van der Waals surface area contributed by atoms with E-state index in [1.165, 1.54) is 11.3 Å². The van der Waals surface area contributed by atoms with Crippen molar-refractivity contribution in [1.82, 2.24) is 4.57 Å². The van der Waals surface area contributed by atoms with Gasteiger partial charge in [0.25, 0.3) is 5.56 Å². The first-order valence-corrected chi connectivity index (χ1v) is 13.6. The molecule has 0 aliphatic carbocycles. The zero-order chi connectivity index (χ0) is 25.3. The third kappa shape index (κ3) is 4.92. The first-order chi connectivity index (χ1) is 16.8. The standard InChI is InChI=1S/C25H22I2N2O5S/c1-5-34-24(31)20-13(2)28-25-29(21(20)15-8-6-7-9-18(15)32-3)23(30)19(35-25)12-14-10-16(26)22(33-4)17(27)11-14/h6-12,21H,5H2,1-4H3/b19-12-. The molecule has 0 spiro atoms. The lowest BCUT2D eigenvalue weighted by Crippen LogP contribution is -2.40. The van der Waals surface area contributed by atoms with Gasteiger partial charge in [0.05, 0.1) is 43.8 Å². The van der Waals surface area contributed by atoms with Crippen LogP contribution in [-0.2, 0) is 9.53 Å². The first kappa shape index (κ1) is 25.9. The van der Waals surface area contributed by atoms with Gasteiger partial charge in [-0.05, 0) is 88.9 Å². The van der Waals surface area contributed by atoms with Crippen molar-refractivity contribution in [3.63, 3.8) is 0 Å². The van der Waals surface area contributed by atoms with Gasteiger partial charge in [-0.25, -0.2) is 9.79 Å². The fraction of sp³-hybridized carbons (Fsp3) is 0.240. The van der Waals surface area contributed by atoms with E-state index in [0.29, 0.717) is 31.9 Å². The topological polar surface area (TPSA) is 79.1 Å². The van der Waals surface area contributed by atoms with Crippen LogP contribution in [0.25, 0.3) is 6.08 Å². The molecule has 1 unspecified atom stereocenters. The van der Waals surface area contributed by atoms with Crippen molar-refractivity contribution in [3.8, 4) is 11.5 Å². The molecule has 0 radical (unpaired) electrons. The second-order valence-electron chi connectivity index (χ2n) is 7.56. The molecule has 0 amide bonds. The van der Waals surface area contributed by atoms with E-state index in [1.54, 1.807) is 32.6 Å². The van der Waals surface area contributed by atoms with E-state index in [4.69, 9.17) is 14.2 Å². The molecule has 1 aliphatic rings. The molecule has 7 nitrogen and oxygen atoms in total. The molecule has 0 bridgehead atoms. The number of hydrogen-bond donors (Lipinski definition) is 0. The Morgan fingerprint density at radius 2 is 1.86 bits per heavy atom. The Balaban J connectivity index is 1.98. The summed E-state index contributed by atoms with van der Waals surface area (Å²) in [7, 11) is 3.20.